The predicted octanol–water partition coefficient (Wildman–Crippen LogP) is 4.23. The van der Waals surface area contributed by atoms with Gasteiger partial charge >= 0.3 is 0 Å². The molecule has 158 valence electrons. The molecule has 0 fully saturated rings. The molecule has 0 aliphatic heterocycles. The molecular weight excluding hydrogens is 430 g/mol. The van der Waals surface area contributed by atoms with Crippen molar-refractivity contribution >= 4 is 42.4 Å². The molecule has 0 N–H and O–H groups in total. The molecule has 0 radical (unpaired) electrons. The van der Waals surface area contributed by atoms with E-state index in [1.165, 1.54) is 16.2 Å². The van der Waals surface area contributed by atoms with Gasteiger partial charge in [0.1, 0.15) is 0 Å². The summed E-state index contributed by atoms with van der Waals surface area (Å²) in [6, 6.07) is 22.1. The quantitative estimate of drug-likeness (QED) is 0.400. The molecule has 0 spiro atoms. The van der Waals surface area contributed by atoms with Crippen LogP contribution in [0.2, 0.25) is 0 Å². The summed E-state index contributed by atoms with van der Waals surface area (Å²) in [6.07, 6.45) is 1.55. The van der Waals surface area contributed by atoms with Crippen molar-refractivity contribution in [1.29, 1.82) is 0 Å². The number of carbonyl (C=O) groups is 1. The Morgan fingerprint density at radius 3 is 2.42 bits per heavy atom. The van der Waals surface area contributed by atoms with Gasteiger partial charge in [-0.2, -0.15) is 0 Å². The normalized spacial score (nSPS) is 11.5. The third kappa shape index (κ3) is 5.53. The second-order valence-electron chi connectivity index (χ2n) is 7.09. The molecular formula is C23H21N3O3S2. The Balaban J connectivity index is 1.53. The maximum atomic E-state index is 13.1. The number of nitrogens with zero attached hydrogens (tertiary/aromatic N) is 3. The summed E-state index contributed by atoms with van der Waals surface area (Å²) >= 11 is 1.41. The van der Waals surface area contributed by atoms with E-state index >= 15 is 0 Å². The van der Waals surface area contributed by atoms with E-state index in [0.29, 0.717) is 16.4 Å². The number of benzene rings is 2. The third-order valence-electron chi connectivity index (χ3n) is 4.72. The van der Waals surface area contributed by atoms with Gasteiger partial charge < -0.3 is 0 Å². The zero-order chi connectivity index (χ0) is 21.7. The molecule has 4 aromatic rings. The van der Waals surface area contributed by atoms with Crippen LogP contribution >= 0.6 is 11.3 Å². The van der Waals surface area contributed by atoms with Crippen LogP contribution in [0.4, 0.5) is 5.13 Å². The number of amides is 1. The third-order valence-corrected chi connectivity index (χ3v) is 7.38. The van der Waals surface area contributed by atoms with Gasteiger partial charge in [-0.15, -0.1) is 0 Å². The lowest BCUT2D eigenvalue weighted by atomic mass is 10.2. The van der Waals surface area contributed by atoms with Crippen LogP contribution < -0.4 is 4.90 Å². The highest BCUT2D eigenvalue weighted by atomic mass is 32.2. The van der Waals surface area contributed by atoms with Gasteiger partial charge in [0.05, 0.1) is 34.0 Å². The van der Waals surface area contributed by atoms with E-state index in [2.05, 4.69) is 9.97 Å². The van der Waals surface area contributed by atoms with E-state index in [9.17, 15) is 13.2 Å². The SMILES string of the molecule is O=C(CCS(=O)(=O)Cc1ccccc1)N(Cc1ccccn1)c1nc2ccccc2s1. The first-order valence-corrected chi connectivity index (χ1v) is 12.4. The number of fused-ring (bicyclic) bond motifs is 1. The van der Waals surface area contributed by atoms with Crippen molar-refractivity contribution < 1.29 is 13.2 Å². The zero-order valence-corrected chi connectivity index (χ0v) is 18.3. The van der Waals surface area contributed by atoms with Crippen LogP contribution in [0.15, 0.2) is 79.0 Å². The lowest BCUT2D eigenvalue weighted by molar-refractivity contribution is -0.118. The standard InChI is InChI=1S/C23H21N3O3S2/c27-22(13-15-31(28,29)17-18-8-2-1-3-9-18)26(16-19-10-6-7-14-24-19)23-25-20-11-4-5-12-21(20)30-23/h1-12,14H,13,15-17H2. The fourth-order valence-corrected chi connectivity index (χ4v) is 5.48. The van der Waals surface area contributed by atoms with E-state index in [-0.39, 0.29) is 30.4 Å². The minimum Gasteiger partial charge on any atom is -0.282 e. The van der Waals surface area contributed by atoms with Crippen LogP contribution in [0.1, 0.15) is 17.7 Å². The topological polar surface area (TPSA) is 80.2 Å². The highest BCUT2D eigenvalue weighted by Gasteiger charge is 2.23. The molecule has 0 unspecified atom stereocenters. The largest absolute Gasteiger partial charge is 0.282 e. The Bertz CT molecular complexity index is 1240. The van der Waals surface area contributed by atoms with Gasteiger partial charge in [-0.1, -0.05) is 59.9 Å². The lowest BCUT2D eigenvalue weighted by Crippen LogP contribution is -2.32. The number of hydrogen-bond donors (Lipinski definition) is 0. The zero-order valence-electron chi connectivity index (χ0n) is 16.7. The number of rotatable bonds is 8. The maximum absolute atomic E-state index is 13.1. The summed E-state index contributed by atoms with van der Waals surface area (Å²) in [5.74, 6) is -0.589. The van der Waals surface area contributed by atoms with Crippen LogP contribution in [-0.2, 0) is 26.9 Å². The molecule has 0 atom stereocenters. The molecule has 0 saturated carbocycles. The van der Waals surface area contributed by atoms with Crippen molar-refractivity contribution in [3.8, 4) is 0 Å². The van der Waals surface area contributed by atoms with Crippen LogP contribution in [-0.4, -0.2) is 30.0 Å². The number of pyridine rings is 1. The van der Waals surface area contributed by atoms with Gasteiger partial charge in [-0.05, 0) is 29.8 Å². The Hall–Kier alpha value is -3.10. The van der Waals surface area contributed by atoms with Crippen molar-refractivity contribution in [2.45, 2.75) is 18.7 Å². The van der Waals surface area contributed by atoms with Gasteiger partial charge in [0.2, 0.25) is 5.91 Å². The molecule has 8 heteroatoms. The maximum Gasteiger partial charge on any atom is 0.230 e. The van der Waals surface area contributed by atoms with Gasteiger partial charge in [-0.25, -0.2) is 13.4 Å². The number of thiazole rings is 1. The highest BCUT2D eigenvalue weighted by Crippen LogP contribution is 2.30. The molecule has 4 rings (SSSR count). The van der Waals surface area contributed by atoms with Gasteiger partial charge in [0, 0.05) is 12.6 Å². The van der Waals surface area contributed by atoms with E-state index < -0.39 is 9.84 Å². The molecule has 2 aromatic heterocycles. The minimum absolute atomic E-state index is 0.0809. The molecule has 0 aliphatic rings. The molecule has 6 nitrogen and oxygen atoms in total. The van der Waals surface area contributed by atoms with Crippen LogP contribution in [0.3, 0.4) is 0 Å². The summed E-state index contributed by atoms with van der Waals surface area (Å²) in [6.45, 7) is 0.234. The number of para-hydroxylation sites is 1. The average Bonchev–Trinajstić information content (AvgIpc) is 3.21. The van der Waals surface area contributed by atoms with Gasteiger partial charge in [0.15, 0.2) is 15.0 Å². The number of aromatic nitrogens is 2. The van der Waals surface area contributed by atoms with Crippen molar-refractivity contribution in [2.75, 3.05) is 10.7 Å². The Morgan fingerprint density at radius 1 is 0.935 bits per heavy atom. The summed E-state index contributed by atoms with van der Waals surface area (Å²) in [7, 11) is -3.42. The molecule has 2 heterocycles. The summed E-state index contributed by atoms with van der Waals surface area (Å²) in [4.78, 5) is 23.6. The van der Waals surface area contributed by atoms with Crippen molar-refractivity contribution in [3.05, 3.63) is 90.3 Å². The summed E-state index contributed by atoms with van der Waals surface area (Å²) in [5.41, 5.74) is 2.23. The number of anilines is 1. The van der Waals surface area contributed by atoms with Crippen LogP contribution in [0, 0.1) is 0 Å². The molecule has 0 aliphatic carbocycles. The van der Waals surface area contributed by atoms with E-state index in [1.807, 2.05) is 48.5 Å². The van der Waals surface area contributed by atoms with Crippen molar-refractivity contribution in [1.82, 2.24) is 9.97 Å². The van der Waals surface area contributed by atoms with Crippen LogP contribution in [0.5, 0.6) is 0 Å². The Kier molecular flexibility index (Phi) is 6.39. The highest BCUT2D eigenvalue weighted by molar-refractivity contribution is 7.90. The monoisotopic (exact) mass is 451 g/mol. The second-order valence-corrected chi connectivity index (χ2v) is 10.3. The van der Waals surface area contributed by atoms with Crippen molar-refractivity contribution in [2.24, 2.45) is 0 Å². The number of carbonyl (C=O) groups excluding carboxylic acids is 1. The predicted molar refractivity (Wildman–Crippen MR) is 124 cm³/mol. The first kappa shape index (κ1) is 21.1. The molecule has 0 saturated heterocycles. The average molecular weight is 452 g/mol. The fraction of sp³-hybridized carbons (Fsp3) is 0.174. The number of hydrogen-bond acceptors (Lipinski definition) is 6. The second kappa shape index (κ2) is 9.36. The first-order valence-electron chi connectivity index (χ1n) is 9.80. The molecule has 0 bridgehead atoms. The van der Waals surface area contributed by atoms with E-state index in [4.69, 9.17) is 0 Å². The summed E-state index contributed by atoms with van der Waals surface area (Å²) in [5, 5.41) is 0.539. The van der Waals surface area contributed by atoms with E-state index in [0.717, 1.165) is 10.2 Å². The molecule has 2 aromatic carbocycles. The molecule has 31 heavy (non-hydrogen) atoms. The smallest absolute Gasteiger partial charge is 0.230 e. The number of sulfone groups is 1. The summed E-state index contributed by atoms with van der Waals surface area (Å²) < 4.78 is 26.1. The minimum atomic E-state index is -3.42. The Morgan fingerprint density at radius 2 is 1.68 bits per heavy atom. The lowest BCUT2D eigenvalue weighted by Gasteiger charge is -2.19. The van der Waals surface area contributed by atoms with E-state index in [1.54, 1.807) is 30.5 Å². The van der Waals surface area contributed by atoms with Crippen LogP contribution in [0.25, 0.3) is 10.2 Å². The van der Waals surface area contributed by atoms with Gasteiger partial charge in [-0.3, -0.25) is 14.7 Å². The molecule has 1 amide bonds. The van der Waals surface area contributed by atoms with Gasteiger partial charge in [0.25, 0.3) is 0 Å². The first-order chi connectivity index (χ1) is 15.0. The fourth-order valence-electron chi connectivity index (χ4n) is 3.17. The Labute approximate surface area is 185 Å². The van der Waals surface area contributed by atoms with Crippen molar-refractivity contribution in [3.63, 3.8) is 0 Å².